The van der Waals surface area contributed by atoms with Crippen molar-refractivity contribution >= 4 is 12.4 Å². The summed E-state index contributed by atoms with van der Waals surface area (Å²) in [5.41, 5.74) is 2.42. The summed E-state index contributed by atoms with van der Waals surface area (Å²) in [7, 11) is 0. The zero-order valence-electron chi connectivity index (χ0n) is 9.51. The molecule has 0 heterocycles. The van der Waals surface area contributed by atoms with Gasteiger partial charge >= 0.3 is 0 Å². The Morgan fingerprint density at radius 1 is 0.875 bits per heavy atom. The molecule has 0 aliphatic rings. The normalized spacial score (nSPS) is 12.1. The lowest BCUT2D eigenvalue weighted by Crippen LogP contribution is -2.08. The Morgan fingerprint density at radius 2 is 1.38 bits per heavy atom. The van der Waals surface area contributed by atoms with Gasteiger partial charge in [0.25, 0.3) is 0 Å². The van der Waals surface area contributed by atoms with Crippen LogP contribution in [0, 0.1) is 0 Å². The van der Waals surface area contributed by atoms with E-state index in [0.29, 0.717) is 0 Å². The number of benzene rings is 2. The molecule has 0 aliphatic carbocycles. The number of nitrogens with zero attached hydrogens (tertiary/aromatic N) is 1. The molecule has 0 aliphatic heterocycles. The fourth-order valence-electron chi connectivity index (χ4n) is 1.75. The highest BCUT2D eigenvalue weighted by Gasteiger charge is 2.16. The maximum atomic E-state index is 4.12. The van der Waals surface area contributed by atoms with Crippen molar-refractivity contribution < 1.29 is 4.58 Å². The van der Waals surface area contributed by atoms with Crippen LogP contribution in [0.1, 0.15) is 18.5 Å². The van der Waals surface area contributed by atoms with Gasteiger partial charge in [0.2, 0.25) is 5.69 Å². The minimum absolute atomic E-state index is 0.281. The van der Waals surface area contributed by atoms with E-state index in [9.17, 15) is 0 Å². The van der Waals surface area contributed by atoms with Crippen LogP contribution in [-0.2, 0) is 0 Å². The molecule has 0 radical (unpaired) electrons. The van der Waals surface area contributed by atoms with Crippen LogP contribution < -0.4 is 0 Å². The highest BCUT2D eigenvalue weighted by Crippen LogP contribution is 2.22. The van der Waals surface area contributed by atoms with Crippen molar-refractivity contribution in [1.29, 1.82) is 0 Å². The van der Waals surface area contributed by atoms with E-state index in [2.05, 4.69) is 50.0 Å². The fourth-order valence-corrected chi connectivity index (χ4v) is 1.75. The molecule has 16 heavy (non-hydrogen) atoms. The Kier molecular flexibility index (Phi) is 3.16. The Morgan fingerprint density at radius 3 is 1.94 bits per heavy atom. The first kappa shape index (κ1) is 10.6. The van der Waals surface area contributed by atoms with E-state index >= 15 is 0 Å². The zero-order chi connectivity index (χ0) is 11.4. The first-order valence-corrected chi connectivity index (χ1v) is 5.49. The minimum atomic E-state index is 0.281. The van der Waals surface area contributed by atoms with Crippen LogP contribution >= 0.6 is 0 Å². The second kappa shape index (κ2) is 4.75. The van der Waals surface area contributed by atoms with E-state index < -0.39 is 0 Å². The predicted octanol–water partition coefficient (Wildman–Crippen LogP) is 3.79. The lowest BCUT2D eigenvalue weighted by atomic mass is 10.1. The third kappa shape index (κ3) is 2.19. The zero-order valence-corrected chi connectivity index (χ0v) is 9.51. The average molecular weight is 210 g/mol. The van der Waals surface area contributed by atoms with E-state index in [0.717, 1.165) is 5.69 Å². The summed E-state index contributed by atoms with van der Waals surface area (Å²) in [4.78, 5) is 0. The van der Waals surface area contributed by atoms with Gasteiger partial charge in [-0.25, -0.2) is 0 Å². The number of rotatable bonds is 3. The summed E-state index contributed by atoms with van der Waals surface area (Å²) in [6.07, 6.45) is 0. The molecule has 0 bridgehead atoms. The van der Waals surface area contributed by atoms with Gasteiger partial charge in [0, 0.05) is 24.6 Å². The molecule has 0 spiro atoms. The van der Waals surface area contributed by atoms with Crippen LogP contribution in [0.15, 0.2) is 60.7 Å². The molecule has 1 unspecified atom stereocenters. The van der Waals surface area contributed by atoms with Crippen LogP contribution in [0.25, 0.3) is 0 Å². The van der Waals surface area contributed by atoms with Crippen molar-refractivity contribution in [2.24, 2.45) is 0 Å². The maximum Gasteiger partial charge on any atom is 0.205 e. The second-order valence-corrected chi connectivity index (χ2v) is 3.89. The van der Waals surface area contributed by atoms with Gasteiger partial charge in [-0.2, -0.15) is 4.58 Å². The highest BCUT2D eigenvalue weighted by atomic mass is 15.0. The third-order valence-corrected chi connectivity index (χ3v) is 2.84. The summed E-state index contributed by atoms with van der Waals surface area (Å²) in [5.74, 6) is 0. The van der Waals surface area contributed by atoms with E-state index in [1.807, 2.05) is 28.8 Å². The quantitative estimate of drug-likeness (QED) is 0.535. The smallest absolute Gasteiger partial charge is 0.199 e. The van der Waals surface area contributed by atoms with Gasteiger partial charge in [0.15, 0.2) is 6.04 Å². The van der Waals surface area contributed by atoms with Crippen LogP contribution in [0.3, 0.4) is 0 Å². The molecule has 2 aromatic rings. The lowest BCUT2D eigenvalue weighted by molar-refractivity contribution is -0.478. The Balaban J connectivity index is 2.24. The van der Waals surface area contributed by atoms with Crippen molar-refractivity contribution in [2.45, 2.75) is 13.0 Å². The molecule has 0 fully saturated rings. The van der Waals surface area contributed by atoms with E-state index in [4.69, 9.17) is 0 Å². The molecule has 0 saturated heterocycles. The number of para-hydroxylation sites is 1. The summed E-state index contributed by atoms with van der Waals surface area (Å²) < 4.78 is 2.04. The van der Waals surface area contributed by atoms with Crippen molar-refractivity contribution in [2.75, 3.05) is 0 Å². The van der Waals surface area contributed by atoms with Crippen LogP contribution in [0.4, 0.5) is 5.69 Å². The molecule has 2 rings (SSSR count). The van der Waals surface area contributed by atoms with Gasteiger partial charge in [0.05, 0.1) is 0 Å². The van der Waals surface area contributed by atoms with Gasteiger partial charge in [-0.3, -0.25) is 0 Å². The first-order chi connectivity index (χ1) is 7.79. The molecule has 2 aromatic carbocycles. The van der Waals surface area contributed by atoms with Crippen molar-refractivity contribution in [3.8, 4) is 0 Å². The topological polar surface area (TPSA) is 3.01 Å². The van der Waals surface area contributed by atoms with Gasteiger partial charge in [0.1, 0.15) is 6.72 Å². The number of hydrogen-bond acceptors (Lipinski definition) is 0. The van der Waals surface area contributed by atoms with Crippen molar-refractivity contribution in [3.05, 3.63) is 66.2 Å². The summed E-state index contributed by atoms with van der Waals surface area (Å²) in [6, 6.07) is 20.9. The van der Waals surface area contributed by atoms with Gasteiger partial charge in [-0.1, -0.05) is 48.5 Å². The van der Waals surface area contributed by atoms with Crippen LogP contribution in [-0.4, -0.2) is 11.3 Å². The first-order valence-electron chi connectivity index (χ1n) is 5.49. The summed E-state index contributed by atoms with van der Waals surface area (Å²) >= 11 is 0. The lowest BCUT2D eigenvalue weighted by Gasteiger charge is -2.09. The maximum absolute atomic E-state index is 4.12. The molecule has 80 valence electrons. The second-order valence-electron chi connectivity index (χ2n) is 3.89. The third-order valence-electron chi connectivity index (χ3n) is 2.84. The Hall–Kier alpha value is -1.89. The van der Waals surface area contributed by atoms with Crippen molar-refractivity contribution in [1.82, 2.24) is 0 Å². The highest BCUT2D eigenvalue weighted by molar-refractivity contribution is 5.34. The molecule has 0 amide bonds. The van der Waals surface area contributed by atoms with Crippen LogP contribution in [0.5, 0.6) is 0 Å². The Labute approximate surface area is 96.7 Å². The van der Waals surface area contributed by atoms with Gasteiger partial charge in [-0.15, -0.1) is 0 Å². The standard InChI is InChI=1S/C15H16N/c1-13(14-9-5-3-6-10-14)16(2)15-11-7-4-8-12-15/h3-13H,2H2,1H3/q+1. The minimum Gasteiger partial charge on any atom is -0.199 e. The van der Waals surface area contributed by atoms with E-state index in [1.54, 1.807) is 0 Å². The van der Waals surface area contributed by atoms with E-state index in [1.165, 1.54) is 5.56 Å². The van der Waals surface area contributed by atoms with Crippen molar-refractivity contribution in [3.63, 3.8) is 0 Å². The molecule has 1 heteroatoms. The van der Waals surface area contributed by atoms with Crippen LogP contribution in [0.2, 0.25) is 0 Å². The summed E-state index contributed by atoms with van der Waals surface area (Å²) in [6.45, 7) is 6.28. The average Bonchev–Trinajstić information content (AvgIpc) is 2.39. The largest absolute Gasteiger partial charge is 0.205 e. The van der Waals surface area contributed by atoms with Gasteiger partial charge in [-0.05, 0) is 0 Å². The molecule has 0 aromatic heterocycles. The monoisotopic (exact) mass is 210 g/mol. The number of hydrogen-bond donors (Lipinski definition) is 0. The summed E-state index contributed by atoms with van der Waals surface area (Å²) in [5, 5.41) is 0. The molecular weight excluding hydrogens is 194 g/mol. The predicted molar refractivity (Wildman–Crippen MR) is 68.3 cm³/mol. The van der Waals surface area contributed by atoms with Gasteiger partial charge < -0.3 is 0 Å². The van der Waals surface area contributed by atoms with E-state index in [-0.39, 0.29) is 6.04 Å². The fraction of sp³-hybridized carbons (Fsp3) is 0.133. The molecule has 0 saturated carbocycles. The molecular formula is C15H16N+. The Bertz CT molecular complexity index is 459. The molecule has 1 atom stereocenters. The molecule has 0 N–H and O–H groups in total. The molecule has 1 nitrogen and oxygen atoms in total. The SMILES string of the molecule is C=[N+](c1ccccc1)C(C)c1ccccc1.